The van der Waals surface area contributed by atoms with E-state index in [9.17, 15) is 9.90 Å². The summed E-state index contributed by atoms with van der Waals surface area (Å²) >= 11 is 6.51. The van der Waals surface area contributed by atoms with Gasteiger partial charge in [0.1, 0.15) is 11.6 Å². The van der Waals surface area contributed by atoms with E-state index < -0.39 is 5.97 Å². The molecule has 0 atom stereocenters. The largest absolute Gasteiger partial charge is 0.494 e. The molecule has 1 aromatic carbocycles. The first-order valence-corrected chi connectivity index (χ1v) is 11.2. The highest BCUT2D eigenvalue weighted by Gasteiger charge is 2.13. The van der Waals surface area contributed by atoms with Crippen molar-refractivity contribution in [2.45, 2.75) is 72.3 Å². The van der Waals surface area contributed by atoms with E-state index in [4.69, 9.17) is 16.3 Å². The molecule has 2 rings (SSSR count). The maximum Gasteiger partial charge on any atom is 0.331 e. The average molecular weight is 433 g/mol. The number of hydrogen-bond acceptors (Lipinski definition) is 3. The van der Waals surface area contributed by atoms with Crippen molar-refractivity contribution < 1.29 is 14.6 Å². The number of unbranched alkanes of at least 4 members (excludes halogenated alkanes) is 4. The van der Waals surface area contributed by atoms with Gasteiger partial charge in [-0.2, -0.15) is 0 Å². The van der Waals surface area contributed by atoms with Crippen LogP contribution in [-0.2, 0) is 11.3 Å². The molecule has 0 fully saturated rings. The molecule has 0 saturated heterocycles. The van der Waals surface area contributed by atoms with Crippen LogP contribution in [-0.4, -0.2) is 27.2 Å². The normalized spacial score (nSPS) is 11.7. The summed E-state index contributed by atoms with van der Waals surface area (Å²) in [5.74, 6) is 0.709. The van der Waals surface area contributed by atoms with Crippen molar-refractivity contribution in [1.29, 1.82) is 0 Å². The predicted molar refractivity (Wildman–Crippen MR) is 122 cm³/mol. The molecule has 6 heteroatoms. The van der Waals surface area contributed by atoms with E-state index in [0.29, 0.717) is 30.2 Å². The lowest BCUT2D eigenvalue weighted by atomic mass is 10.1. The Morgan fingerprint density at radius 1 is 1.20 bits per heavy atom. The molecule has 0 amide bonds. The number of carboxylic acids is 1. The van der Waals surface area contributed by atoms with Gasteiger partial charge in [0.15, 0.2) is 0 Å². The summed E-state index contributed by atoms with van der Waals surface area (Å²) in [4.78, 5) is 16.0. The lowest BCUT2D eigenvalue weighted by Crippen LogP contribution is -2.07. The van der Waals surface area contributed by atoms with Gasteiger partial charge in [-0.1, -0.05) is 57.2 Å². The van der Waals surface area contributed by atoms with Crippen molar-refractivity contribution in [2.24, 2.45) is 0 Å². The molecule has 1 aromatic heterocycles. The lowest BCUT2D eigenvalue weighted by molar-refractivity contribution is -0.132. The Labute approximate surface area is 184 Å². The summed E-state index contributed by atoms with van der Waals surface area (Å²) < 4.78 is 7.77. The molecule has 5 nitrogen and oxygen atoms in total. The number of rotatable bonds is 13. The van der Waals surface area contributed by atoms with Gasteiger partial charge in [0, 0.05) is 10.6 Å². The third-order valence-electron chi connectivity index (χ3n) is 5.10. The lowest BCUT2D eigenvalue weighted by Gasteiger charge is -2.12. The summed E-state index contributed by atoms with van der Waals surface area (Å²) in [7, 11) is 0. The van der Waals surface area contributed by atoms with E-state index in [0.717, 1.165) is 61.4 Å². The first-order chi connectivity index (χ1) is 14.5. The van der Waals surface area contributed by atoms with Crippen LogP contribution in [0.5, 0.6) is 5.75 Å². The molecule has 0 radical (unpaired) electrons. The molecule has 2 aromatic rings. The van der Waals surface area contributed by atoms with Gasteiger partial charge in [0.25, 0.3) is 0 Å². The van der Waals surface area contributed by atoms with Gasteiger partial charge >= 0.3 is 5.97 Å². The van der Waals surface area contributed by atoms with E-state index in [1.807, 2.05) is 29.7 Å². The summed E-state index contributed by atoms with van der Waals surface area (Å²) in [6, 6.07) is 5.74. The molecule has 0 aliphatic carbocycles. The number of halogens is 1. The number of imidazole rings is 1. The first kappa shape index (κ1) is 24.0. The topological polar surface area (TPSA) is 64.3 Å². The number of hydrogen-bond donors (Lipinski definition) is 1. The smallest absolute Gasteiger partial charge is 0.331 e. The highest BCUT2D eigenvalue weighted by Crippen LogP contribution is 2.25. The summed E-state index contributed by atoms with van der Waals surface area (Å²) in [6.45, 7) is 7.39. The minimum Gasteiger partial charge on any atom is -0.494 e. The molecule has 0 bridgehead atoms. The van der Waals surface area contributed by atoms with Gasteiger partial charge in [0.05, 0.1) is 25.0 Å². The molecular formula is C24H33ClN2O3. The molecule has 164 valence electrons. The number of aryl methyl sites for hydroxylation is 1. The fourth-order valence-corrected chi connectivity index (χ4v) is 3.48. The van der Waals surface area contributed by atoms with Crippen molar-refractivity contribution in [2.75, 3.05) is 6.61 Å². The number of carbonyl (C=O) groups is 1. The van der Waals surface area contributed by atoms with Gasteiger partial charge in [-0.15, -0.1) is 0 Å². The minimum atomic E-state index is -0.876. The maximum atomic E-state index is 11.7. The van der Waals surface area contributed by atoms with E-state index in [-0.39, 0.29) is 0 Å². The highest BCUT2D eigenvalue weighted by molar-refractivity contribution is 6.31. The molecule has 0 aliphatic rings. The van der Waals surface area contributed by atoms with Crippen LogP contribution in [0.4, 0.5) is 0 Å². The van der Waals surface area contributed by atoms with Crippen LogP contribution in [0.15, 0.2) is 30.0 Å². The molecule has 0 unspecified atom stereocenters. The fourth-order valence-electron chi connectivity index (χ4n) is 3.25. The minimum absolute atomic E-state index is 0.409. The van der Waals surface area contributed by atoms with Crippen LogP contribution in [0.25, 0.3) is 6.08 Å². The van der Waals surface area contributed by atoms with Gasteiger partial charge in [0.2, 0.25) is 0 Å². The van der Waals surface area contributed by atoms with Crippen molar-refractivity contribution >= 4 is 23.6 Å². The zero-order valence-corrected chi connectivity index (χ0v) is 19.0. The molecule has 30 heavy (non-hydrogen) atoms. The zero-order chi connectivity index (χ0) is 21.9. The molecule has 0 aliphatic heterocycles. The first-order valence-electron chi connectivity index (χ1n) is 10.8. The highest BCUT2D eigenvalue weighted by atomic mass is 35.5. The number of carboxylic acid groups (broad SMARTS) is 1. The Kier molecular flexibility index (Phi) is 9.95. The Morgan fingerprint density at radius 2 is 1.93 bits per heavy atom. The van der Waals surface area contributed by atoms with Crippen LogP contribution in [0.1, 0.15) is 75.9 Å². The van der Waals surface area contributed by atoms with Crippen LogP contribution in [0.3, 0.4) is 0 Å². The standard InChI is InChI=1S/C24H33ClN2O3/c1-4-6-8-10-19(24(28)29)14-21-16-26-18(3)27(21)17-20-11-12-22(15-23(20)25)30-13-9-7-5-2/h11-12,14-16H,4-10,13,17H2,1-3H3,(H,28,29)/b19-14+. The van der Waals surface area contributed by atoms with Crippen molar-refractivity contribution in [3.05, 3.63) is 52.1 Å². The summed E-state index contributed by atoms with van der Waals surface area (Å²) in [5, 5.41) is 10.2. The zero-order valence-electron chi connectivity index (χ0n) is 18.3. The second kappa shape index (κ2) is 12.4. The summed E-state index contributed by atoms with van der Waals surface area (Å²) in [5.41, 5.74) is 2.13. The second-order valence-corrected chi connectivity index (χ2v) is 7.96. The Bertz CT molecular complexity index is 858. The van der Waals surface area contributed by atoms with Crippen LogP contribution in [0.2, 0.25) is 5.02 Å². The van der Waals surface area contributed by atoms with Crippen LogP contribution < -0.4 is 4.74 Å². The van der Waals surface area contributed by atoms with Gasteiger partial charge < -0.3 is 14.4 Å². The molecular weight excluding hydrogens is 400 g/mol. The molecule has 1 N–H and O–H groups in total. The third kappa shape index (κ3) is 7.21. The number of nitrogens with zero attached hydrogens (tertiary/aromatic N) is 2. The Balaban J connectivity index is 2.16. The fraction of sp³-hybridized carbons (Fsp3) is 0.500. The Morgan fingerprint density at radius 3 is 2.60 bits per heavy atom. The quantitative estimate of drug-likeness (QED) is 0.289. The van der Waals surface area contributed by atoms with Crippen molar-refractivity contribution in [3.8, 4) is 5.75 Å². The number of aromatic nitrogens is 2. The van der Waals surface area contributed by atoms with Gasteiger partial charge in [-0.25, -0.2) is 9.78 Å². The second-order valence-electron chi connectivity index (χ2n) is 7.56. The third-order valence-corrected chi connectivity index (χ3v) is 5.45. The molecule has 0 spiro atoms. The van der Waals surface area contributed by atoms with Crippen molar-refractivity contribution in [1.82, 2.24) is 9.55 Å². The molecule has 0 saturated carbocycles. The Hall–Kier alpha value is -2.27. The molecule has 1 heterocycles. The number of benzene rings is 1. The van der Waals surface area contributed by atoms with Gasteiger partial charge in [-0.05, 0) is 50.0 Å². The number of ether oxygens (including phenoxy) is 1. The monoisotopic (exact) mass is 432 g/mol. The predicted octanol–water partition coefficient (Wildman–Crippen LogP) is 6.51. The van der Waals surface area contributed by atoms with Crippen LogP contribution in [0, 0.1) is 6.92 Å². The van der Waals surface area contributed by atoms with Crippen molar-refractivity contribution in [3.63, 3.8) is 0 Å². The van der Waals surface area contributed by atoms with Crippen LogP contribution >= 0.6 is 11.6 Å². The van der Waals surface area contributed by atoms with E-state index in [1.165, 1.54) is 0 Å². The van der Waals surface area contributed by atoms with E-state index in [1.54, 1.807) is 12.3 Å². The van der Waals surface area contributed by atoms with Gasteiger partial charge in [-0.3, -0.25) is 0 Å². The number of aliphatic carboxylic acids is 1. The average Bonchev–Trinajstić information content (AvgIpc) is 3.05. The van der Waals surface area contributed by atoms with E-state index in [2.05, 4.69) is 18.8 Å². The van der Waals surface area contributed by atoms with E-state index >= 15 is 0 Å². The maximum absolute atomic E-state index is 11.7. The SMILES string of the molecule is CCCCCOc1ccc(Cn2c(/C=C(\CCCCC)C(=O)O)cnc2C)c(Cl)c1. The summed E-state index contributed by atoms with van der Waals surface area (Å²) in [6.07, 6.45) is 10.3.